The van der Waals surface area contributed by atoms with Crippen molar-refractivity contribution in [2.45, 2.75) is 103 Å². The average molecular weight is 322 g/mol. The van der Waals surface area contributed by atoms with E-state index in [-0.39, 0.29) is 29.6 Å². The van der Waals surface area contributed by atoms with Crippen LogP contribution in [0, 0.1) is 0 Å². The maximum Gasteiger partial charge on any atom is 1.00 e. The number of carbonyl (C=O) groups excluding carboxylic acids is 1. The van der Waals surface area contributed by atoms with Gasteiger partial charge >= 0.3 is 29.6 Å². The molecule has 0 saturated heterocycles. The summed E-state index contributed by atoms with van der Waals surface area (Å²) in [5.41, 5.74) is 0. The van der Waals surface area contributed by atoms with Gasteiger partial charge in [-0.2, -0.15) is 0 Å². The summed E-state index contributed by atoms with van der Waals surface area (Å²) >= 11 is 0. The Kier molecular flexibility index (Phi) is 21.8. The standard InChI is InChI=1S/C18H36O3.Na/c1-3-5-7-9-10-11-12-14-16-21-17(18(19)20)15-13-8-6-4-2;/h17H,3-16H2,1-2H3,(H,19,20);/q;+1/p-1. The fourth-order valence-corrected chi connectivity index (χ4v) is 2.49. The van der Waals surface area contributed by atoms with Crippen LogP contribution in [0.3, 0.4) is 0 Å². The third-order valence-corrected chi connectivity index (χ3v) is 3.90. The van der Waals surface area contributed by atoms with E-state index in [2.05, 4.69) is 13.8 Å². The summed E-state index contributed by atoms with van der Waals surface area (Å²) in [6, 6.07) is 0. The summed E-state index contributed by atoms with van der Waals surface area (Å²) in [7, 11) is 0. The van der Waals surface area contributed by atoms with E-state index in [4.69, 9.17) is 4.74 Å². The van der Waals surface area contributed by atoms with E-state index in [1.54, 1.807) is 0 Å². The van der Waals surface area contributed by atoms with Crippen LogP contribution >= 0.6 is 0 Å². The Bertz CT molecular complexity index is 234. The average Bonchev–Trinajstić information content (AvgIpc) is 2.47. The second kappa shape index (κ2) is 19.5. The second-order valence-electron chi connectivity index (χ2n) is 6.00. The van der Waals surface area contributed by atoms with Crippen molar-refractivity contribution in [2.24, 2.45) is 0 Å². The predicted molar refractivity (Wildman–Crippen MR) is 86.1 cm³/mol. The van der Waals surface area contributed by atoms with Crippen molar-refractivity contribution in [3.05, 3.63) is 0 Å². The Labute approximate surface area is 159 Å². The van der Waals surface area contributed by atoms with Gasteiger partial charge in [-0.15, -0.1) is 0 Å². The molecule has 0 rings (SSSR count). The molecule has 0 saturated carbocycles. The van der Waals surface area contributed by atoms with Crippen LogP contribution in [0.4, 0.5) is 0 Å². The van der Waals surface area contributed by atoms with Gasteiger partial charge < -0.3 is 14.6 Å². The number of carboxylic acids is 1. The molecular formula is C18H35NaO3. The Hall–Kier alpha value is 0.430. The quantitative estimate of drug-likeness (QED) is 0.317. The molecule has 0 aromatic rings. The first-order chi connectivity index (χ1) is 10.2. The number of unbranched alkanes of at least 4 members (excludes halogenated alkanes) is 10. The van der Waals surface area contributed by atoms with Crippen LogP contribution in [0.25, 0.3) is 0 Å². The minimum atomic E-state index is -1.05. The summed E-state index contributed by atoms with van der Waals surface area (Å²) in [5, 5.41) is 11.0. The van der Waals surface area contributed by atoms with E-state index in [1.165, 1.54) is 38.5 Å². The van der Waals surface area contributed by atoms with Gasteiger partial charge in [0.25, 0.3) is 0 Å². The number of ether oxygens (including phenoxy) is 1. The Morgan fingerprint density at radius 2 is 1.27 bits per heavy atom. The van der Waals surface area contributed by atoms with Crippen molar-refractivity contribution >= 4 is 5.97 Å². The zero-order chi connectivity index (χ0) is 15.8. The summed E-state index contributed by atoms with van der Waals surface area (Å²) in [4.78, 5) is 11.0. The molecule has 0 aromatic carbocycles. The first-order valence-corrected chi connectivity index (χ1v) is 9.04. The molecule has 0 fully saturated rings. The molecule has 3 nitrogen and oxygen atoms in total. The van der Waals surface area contributed by atoms with Gasteiger partial charge in [-0.05, 0) is 12.8 Å². The van der Waals surface area contributed by atoms with Crippen LogP contribution in [-0.2, 0) is 9.53 Å². The van der Waals surface area contributed by atoms with Crippen molar-refractivity contribution in [1.29, 1.82) is 0 Å². The van der Waals surface area contributed by atoms with E-state index in [0.29, 0.717) is 13.0 Å². The molecule has 0 aliphatic rings. The zero-order valence-corrected chi connectivity index (χ0v) is 17.2. The fraction of sp³-hybridized carbons (Fsp3) is 0.944. The van der Waals surface area contributed by atoms with Crippen LogP contribution in [0.15, 0.2) is 0 Å². The molecule has 0 bridgehead atoms. The van der Waals surface area contributed by atoms with Crippen LogP contribution in [-0.4, -0.2) is 18.7 Å². The molecule has 1 unspecified atom stereocenters. The van der Waals surface area contributed by atoms with E-state index < -0.39 is 12.1 Å². The second-order valence-corrected chi connectivity index (χ2v) is 6.00. The summed E-state index contributed by atoms with van der Waals surface area (Å²) in [6.07, 6.45) is 14.2. The molecular weight excluding hydrogens is 287 g/mol. The van der Waals surface area contributed by atoms with Crippen molar-refractivity contribution in [3.8, 4) is 0 Å². The maximum absolute atomic E-state index is 11.0. The van der Waals surface area contributed by atoms with Gasteiger partial charge in [0.05, 0.1) is 12.1 Å². The molecule has 0 spiro atoms. The predicted octanol–water partition coefficient (Wildman–Crippen LogP) is 1.24. The molecule has 4 heteroatoms. The molecule has 0 heterocycles. The SMILES string of the molecule is CCCCCCCCCCOC(CCCCCC)C(=O)[O-].[Na+]. The fourth-order valence-electron chi connectivity index (χ4n) is 2.49. The number of aliphatic carboxylic acids is 1. The summed E-state index contributed by atoms with van der Waals surface area (Å²) < 4.78 is 5.47. The first kappa shape index (κ1) is 24.7. The molecule has 0 radical (unpaired) electrons. The number of carbonyl (C=O) groups is 1. The third kappa shape index (κ3) is 16.8. The third-order valence-electron chi connectivity index (χ3n) is 3.90. The van der Waals surface area contributed by atoms with E-state index >= 15 is 0 Å². The van der Waals surface area contributed by atoms with E-state index in [0.717, 1.165) is 38.5 Å². The van der Waals surface area contributed by atoms with Crippen molar-refractivity contribution in [3.63, 3.8) is 0 Å². The smallest absolute Gasteiger partial charge is 0.547 e. The van der Waals surface area contributed by atoms with Gasteiger partial charge in [0.2, 0.25) is 0 Å². The van der Waals surface area contributed by atoms with Gasteiger partial charge in [0.1, 0.15) is 0 Å². The number of hydrogen-bond acceptors (Lipinski definition) is 3. The van der Waals surface area contributed by atoms with E-state index in [1.807, 2.05) is 0 Å². The molecule has 0 aromatic heterocycles. The van der Waals surface area contributed by atoms with Gasteiger partial charge in [-0.25, -0.2) is 0 Å². The normalized spacial score (nSPS) is 11.9. The van der Waals surface area contributed by atoms with Gasteiger partial charge in [-0.3, -0.25) is 0 Å². The molecule has 0 amide bonds. The van der Waals surface area contributed by atoms with Gasteiger partial charge in [-0.1, -0.05) is 84.5 Å². The summed E-state index contributed by atoms with van der Waals surface area (Å²) in [6.45, 7) is 4.93. The van der Waals surface area contributed by atoms with Crippen LogP contribution in [0.2, 0.25) is 0 Å². The Balaban J connectivity index is 0. The Morgan fingerprint density at radius 1 is 0.818 bits per heavy atom. The molecule has 1 atom stereocenters. The van der Waals surface area contributed by atoms with Crippen LogP contribution < -0.4 is 34.7 Å². The number of rotatable bonds is 16. The zero-order valence-electron chi connectivity index (χ0n) is 15.2. The number of hydrogen-bond donors (Lipinski definition) is 0. The van der Waals surface area contributed by atoms with Gasteiger partial charge in [0.15, 0.2) is 0 Å². The first-order valence-electron chi connectivity index (χ1n) is 9.04. The summed E-state index contributed by atoms with van der Waals surface area (Å²) in [5.74, 6) is -1.05. The largest absolute Gasteiger partial charge is 1.00 e. The van der Waals surface area contributed by atoms with Crippen molar-refractivity contribution < 1.29 is 44.2 Å². The van der Waals surface area contributed by atoms with Crippen molar-refractivity contribution in [2.75, 3.05) is 6.61 Å². The molecule has 126 valence electrons. The Morgan fingerprint density at radius 3 is 1.77 bits per heavy atom. The number of carboxylic acid groups (broad SMARTS) is 1. The molecule has 0 N–H and O–H groups in total. The minimum absolute atomic E-state index is 0. The van der Waals surface area contributed by atoms with Crippen molar-refractivity contribution in [1.82, 2.24) is 0 Å². The monoisotopic (exact) mass is 322 g/mol. The topological polar surface area (TPSA) is 49.4 Å². The minimum Gasteiger partial charge on any atom is -0.547 e. The van der Waals surface area contributed by atoms with E-state index in [9.17, 15) is 9.90 Å². The molecule has 22 heavy (non-hydrogen) atoms. The van der Waals surface area contributed by atoms with Crippen LogP contribution in [0.1, 0.15) is 97.3 Å². The van der Waals surface area contributed by atoms with Crippen LogP contribution in [0.5, 0.6) is 0 Å². The van der Waals surface area contributed by atoms with Gasteiger partial charge in [0, 0.05) is 6.61 Å². The molecule has 0 aliphatic heterocycles. The molecule has 0 aliphatic carbocycles. The maximum atomic E-state index is 11.0.